The van der Waals surface area contributed by atoms with Crippen molar-refractivity contribution in [3.8, 4) is 0 Å². The van der Waals surface area contributed by atoms with E-state index in [2.05, 4.69) is 41.1 Å². The van der Waals surface area contributed by atoms with Gasteiger partial charge in [0.2, 0.25) is 0 Å². The standard InChI is InChI=1S/C34H39N3O3/c1-24-3-7-27(8-4-24)23-36-17-13-26(14-18-36)21-32(38)30-11-12-31(35-22-30)34(40)37-19-15-29(16-20-37)33(39)28-9-5-25(2)6-10-28/h3-12,22,26,29H,13-21,23H2,1-2H3. The maximum absolute atomic E-state index is 13.0. The lowest BCUT2D eigenvalue weighted by Gasteiger charge is -2.31. The van der Waals surface area contributed by atoms with Crippen molar-refractivity contribution in [2.24, 2.45) is 11.8 Å². The van der Waals surface area contributed by atoms with Gasteiger partial charge in [-0.2, -0.15) is 0 Å². The Morgan fingerprint density at radius 2 is 1.35 bits per heavy atom. The largest absolute Gasteiger partial charge is 0.337 e. The van der Waals surface area contributed by atoms with Gasteiger partial charge in [0.05, 0.1) is 0 Å². The predicted molar refractivity (Wildman–Crippen MR) is 157 cm³/mol. The van der Waals surface area contributed by atoms with Gasteiger partial charge in [-0.05, 0) is 76.2 Å². The second kappa shape index (κ2) is 12.7. The highest BCUT2D eigenvalue weighted by Crippen LogP contribution is 2.25. The van der Waals surface area contributed by atoms with E-state index >= 15 is 0 Å². The van der Waals surface area contributed by atoms with E-state index in [1.807, 2.05) is 31.2 Å². The average Bonchev–Trinajstić information content (AvgIpc) is 2.99. The molecule has 0 atom stereocenters. The number of benzene rings is 2. The first-order valence-corrected chi connectivity index (χ1v) is 14.5. The maximum atomic E-state index is 13.0. The number of rotatable bonds is 8. The van der Waals surface area contributed by atoms with Gasteiger partial charge in [-0.3, -0.25) is 24.3 Å². The lowest BCUT2D eigenvalue weighted by molar-refractivity contribution is 0.0645. The fourth-order valence-corrected chi connectivity index (χ4v) is 5.83. The Labute approximate surface area is 237 Å². The Balaban J connectivity index is 1.07. The van der Waals surface area contributed by atoms with E-state index < -0.39 is 0 Å². The number of hydrogen-bond acceptors (Lipinski definition) is 5. The molecule has 2 aliphatic heterocycles. The number of carbonyl (C=O) groups is 3. The number of carbonyl (C=O) groups excluding carboxylic acids is 3. The number of likely N-dealkylation sites (tertiary alicyclic amines) is 2. The molecule has 3 aromatic rings. The number of Topliss-reactive ketones (excluding diaryl/α,β-unsaturated/α-hetero) is 2. The zero-order chi connectivity index (χ0) is 28.1. The molecule has 0 aliphatic carbocycles. The highest BCUT2D eigenvalue weighted by molar-refractivity contribution is 5.99. The lowest BCUT2D eigenvalue weighted by atomic mass is 9.88. The Morgan fingerprint density at radius 3 is 1.95 bits per heavy atom. The van der Waals surface area contributed by atoms with Crippen molar-refractivity contribution < 1.29 is 14.4 Å². The number of hydrogen-bond donors (Lipinski definition) is 0. The van der Waals surface area contributed by atoms with Crippen molar-refractivity contribution in [3.05, 3.63) is 100 Å². The van der Waals surface area contributed by atoms with E-state index in [0.717, 1.165) is 43.6 Å². The summed E-state index contributed by atoms with van der Waals surface area (Å²) in [5, 5.41) is 0. The molecule has 2 fully saturated rings. The first-order chi connectivity index (χ1) is 19.4. The van der Waals surface area contributed by atoms with Gasteiger partial charge >= 0.3 is 0 Å². The van der Waals surface area contributed by atoms with Crippen molar-refractivity contribution >= 4 is 17.5 Å². The molecule has 0 radical (unpaired) electrons. The number of pyridine rings is 1. The van der Waals surface area contributed by atoms with Gasteiger partial charge in [-0.15, -0.1) is 0 Å². The molecule has 2 aliphatic rings. The van der Waals surface area contributed by atoms with Crippen LogP contribution in [0.1, 0.15) is 80.0 Å². The smallest absolute Gasteiger partial charge is 0.272 e. The van der Waals surface area contributed by atoms with Crippen LogP contribution >= 0.6 is 0 Å². The summed E-state index contributed by atoms with van der Waals surface area (Å²) in [6, 6.07) is 19.8. The van der Waals surface area contributed by atoms with Crippen LogP contribution in [-0.2, 0) is 6.54 Å². The van der Waals surface area contributed by atoms with Gasteiger partial charge in [-0.25, -0.2) is 0 Å². The number of amides is 1. The molecule has 2 saturated heterocycles. The lowest BCUT2D eigenvalue weighted by Crippen LogP contribution is -2.40. The van der Waals surface area contributed by atoms with Crippen LogP contribution in [-0.4, -0.2) is 58.4 Å². The zero-order valence-electron chi connectivity index (χ0n) is 23.6. The highest BCUT2D eigenvalue weighted by Gasteiger charge is 2.29. The van der Waals surface area contributed by atoms with Crippen LogP contribution in [0.25, 0.3) is 0 Å². The van der Waals surface area contributed by atoms with Crippen LogP contribution in [0.4, 0.5) is 0 Å². The number of piperidine rings is 2. The van der Waals surface area contributed by atoms with E-state index in [1.165, 1.54) is 11.1 Å². The summed E-state index contributed by atoms with van der Waals surface area (Å²) in [4.78, 5) is 47.4. The molecule has 208 valence electrons. The Bertz CT molecular complexity index is 1320. The van der Waals surface area contributed by atoms with Gasteiger partial charge in [0, 0.05) is 49.3 Å². The minimum Gasteiger partial charge on any atom is -0.337 e. The molecule has 0 spiro atoms. The molecule has 6 nitrogen and oxygen atoms in total. The Hall–Kier alpha value is -3.64. The molecular weight excluding hydrogens is 498 g/mol. The third-order valence-corrected chi connectivity index (χ3v) is 8.50. The number of ketones is 2. The molecule has 40 heavy (non-hydrogen) atoms. The summed E-state index contributed by atoms with van der Waals surface area (Å²) < 4.78 is 0. The summed E-state index contributed by atoms with van der Waals surface area (Å²) in [6.07, 6.45) is 5.41. The number of nitrogens with zero attached hydrogens (tertiary/aromatic N) is 3. The topological polar surface area (TPSA) is 70.6 Å². The van der Waals surface area contributed by atoms with Crippen LogP contribution < -0.4 is 0 Å². The van der Waals surface area contributed by atoms with Crippen LogP contribution in [0.3, 0.4) is 0 Å². The van der Waals surface area contributed by atoms with Crippen molar-refractivity contribution in [2.45, 2.75) is 52.5 Å². The van der Waals surface area contributed by atoms with E-state index in [4.69, 9.17) is 0 Å². The summed E-state index contributed by atoms with van der Waals surface area (Å²) in [7, 11) is 0. The first-order valence-electron chi connectivity index (χ1n) is 14.5. The quantitative estimate of drug-likeness (QED) is 0.334. The number of aromatic nitrogens is 1. The van der Waals surface area contributed by atoms with E-state index in [1.54, 1.807) is 23.2 Å². The van der Waals surface area contributed by atoms with E-state index in [-0.39, 0.29) is 23.4 Å². The van der Waals surface area contributed by atoms with Crippen LogP contribution in [0.5, 0.6) is 0 Å². The maximum Gasteiger partial charge on any atom is 0.272 e. The fraction of sp³-hybridized carbons (Fsp3) is 0.412. The van der Waals surface area contributed by atoms with Gasteiger partial charge < -0.3 is 4.90 Å². The Kier molecular flexibility index (Phi) is 8.85. The van der Waals surface area contributed by atoms with E-state index in [0.29, 0.717) is 49.5 Å². The van der Waals surface area contributed by atoms with E-state index in [9.17, 15) is 14.4 Å². The van der Waals surface area contributed by atoms with Crippen molar-refractivity contribution in [3.63, 3.8) is 0 Å². The minimum atomic E-state index is -0.138. The second-order valence-corrected chi connectivity index (χ2v) is 11.6. The number of aryl methyl sites for hydroxylation is 2. The van der Waals surface area contributed by atoms with Crippen LogP contribution in [0.15, 0.2) is 66.9 Å². The Morgan fingerprint density at radius 1 is 0.750 bits per heavy atom. The molecular formula is C34H39N3O3. The molecule has 1 aromatic heterocycles. The molecule has 3 heterocycles. The SMILES string of the molecule is Cc1ccc(CN2CCC(CC(=O)c3ccc(C(=O)N4CCC(C(=O)c5ccc(C)cc5)CC4)nc3)CC2)cc1. The molecule has 0 saturated carbocycles. The average molecular weight is 538 g/mol. The van der Waals surface area contributed by atoms with Crippen LogP contribution in [0, 0.1) is 25.7 Å². The summed E-state index contributed by atoms with van der Waals surface area (Å²) >= 11 is 0. The predicted octanol–water partition coefficient (Wildman–Crippen LogP) is 5.92. The van der Waals surface area contributed by atoms with Gasteiger partial charge in [-0.1, -0.05) is 59.7 Å². The normalized spacial score (nSPS) is 17.1. The second-order valence-electron chi connectivity index (χ2n) is 11.6. The fourth-order valence-electron chi connectivity index (χ4n) is 5.83. The summed E-state index contributed by atoms with van der Waals surface area (Å²) in [5.41, 5.74) is 5.41. The van der Waals surface area contributed by atoms with Gasteiger partial charge in [0.1, 0.15) is 5.69 Å². The summed E-state index contributed by atoms with van der Waals surface area (Å²) in [6.45, 7) is 8.15. The molecule has 0 unspecified atom stereocenters. The first kappa shape index (κ1) is 27.9. The molecule has 5 rings (SSSR count). The van der Waals surface area contributed by atoms with Crippen molar-refractivity contribution in [2.75, 3.05) is 26.2 Å². The van der Waals surface area contributed by atoms with Crippen LogP contribution in [0.2, 0.25) is 0 Å². The monoisotopic (exact) mass is 537 g/mol. The molecule has 2 aromatic carbocycles. The molecule has 1 amide bonds. The van der Waals surface area contributed by atoms with Crippen molar-refractivity contribution in [1.82, 2.24) is 14.8 Å². The van der Waals surface area contributed by atoms with Gasteiger partial charge in [0.15, 0.2) is 11.6 Å². The van der Waals surface area contributed by atoms with Gasteiger partial charge in [0.25, 0.3) is 5.91 Å². The molecule has 0 N–H and O–H groups in total. The third kappa shape index (κ3) is 6.92. The summed E-state index contributed by atoms with van der Waals surface area (Å²) in [5.74, 6) is 0.436. The minimum absolute atomic E-state index is 0.0609. The molecule has 6 heteroatoms. The highest BCUT2D eigenvalue weighted by atomic mass is 16.2. The molecule has 0 bridgehead atoms. The third-order valence-electron chi connectivity index (χ3n) is 8.50. The zero-order valence-corrected chi connectivity index (χ0v) is 23.6. The van der Waals surface area contributed by atoms with Crippen molar-refractivity contribution in [1.29, 1.82) is 0 Å².